The molecule has 82 valence electrons. The number of rotatable bonds is 5. The fourth-order valence-corrected chi connectivity index (χ4v) is 1.46. The van der Waals surface area contributed by atoms with E-state index in [0.29, 0.717) is 24.3 Å². The van der Waals surface area contributed by atoms with Gasteiger partial charge in [0.05, 0.1) is 11.3 Å². The molecule has 3 heteroatoms. The molecule has 0 aliphatic heterocycles. The van der Waals surface area contributed by atoms with Gasteiger partial charge in [-0.25, -0.2) is 4.39 Å². The van der Waals surface area contributed by atoms with Gasteiger partial charge in [-0.15, -0.1) is 13.2 Å². The maximum absolute atomic E-state index is 13.0. The van der Waals surface area contributed by atoms with Crippen molar-refractivity contribution in [1.82, 2.24) is 0 Å². The number of halogens is 1. The van der Waals surface area contributed by atoms with Crippen LogP contribution in [-0.4, -0.2) is 13.1 Å². The molecule has 0 aliphatic carbocycles. The molecule has 0 saturated carbocycles. The Morgan fingerprint density at radius 3 is 2.44 bits per heavy atom. The summed E-state index contributed by atoms with van der Waals surface area (Å²) in [5, 5.41) is 8.93. The van der Waals surface area contributed by atoms with E-state index in [1.165, 1.54) is 12.1 Å². The number of nitrogens with zero attached hydrogens (tertiary/aromatic N) is 2. The van der Waals surface area contributed by atoms with E-state index in [4.69, 9.17) is 5.26 Å². The SMILES string of the molecule is C=CCN(CC=C)c1ccc(F)cc1C#N. The van der Waals surface area contributed by atoms with Crippen LogP contribution in [0.1, 0.15) is 5.56 Å². The minimum absolute atomic E-state index is 0.323. The Labute approximate surface area is 94.9 Å². The Morgan fingerprint density at radius 1 is 1.31 bits per heavy atom. The number of hydrogen-bond donors (Lipinski definition) is 0. The van der Waals surface area contributed by atoms with Gasteiger partial charge in [0, 0.05) is 13.1 Å². The predicted molar refractivity (Wildman–Crippen MR) is 63.7 cm³/mol. The number of benzene rings is 1. The summed E-state index contributed by atoms with van der Waals surface area (Å²) in [5.74, 6) is -0.405. The quantitative estimate of drug-likeness (QED) is 0.708. The van der Waals surface area contributed by atoms with Crippen LogP contribution in [-0.2, 0) is 0 Å². The molecule has 1 aromatic rings. The molecule has 0 saturated heterocycles. The molecule has 16 heavy (non-hydrogen) atoms. The van der Waals surface area contributed by atoms with Crippen LogP contribution in [0, 0.1) is 17.1 Å². The number of nitriles is 1. The molecule has 0 unspecified atom stereocenters. The lowest BCUT2D eigenvalue weighted by Crippen LogP contribution is -2.24. The molecule has 0 bridgehead atoms. The van der Waals surface area contributed by atoms with E-state index in [0.717, 1.165) is 0 Å². The highest BCUT2D eigenvalue weighted by Gasteiger charge is 2.09. The van der Waals surface area contributed by atoms with Crippen molar-refractivity contribution in [2.45, 2.75) is 0 Å². The second-order valence-corrected chi connectivity index (χ2v) is 3.26. The van der Waals surface area contributed by atoms with Crippen LogP contribution in [0.15, 0.2) is 43.5 Å². The van der Waals surface area contributed by atoms with Crippen molar-refractivity contribution in [3.63, 3.8) is 0 Å². The lowest BCUT2D eigenvalue weighted by Gasteiger charge is -2.22. The van der Waals surface area contributed by atoms with Crippen molar-refractivity contribution in [3.8, 4) is 6.07 Å². The van der Waals surface area contributed by atoms with Crippen molar-refractivity contribution in [3.05, 3.63) is 54.9 Å². The Kier molecular flexibility index (Phi) is 4.28. The summed E-state index contributed by atoms with van der Waals surface area (Å²) >= 11 is 0. The molecule has 0 fully saturated rings. The molecule has 0 radical (unpaired) electrons. The highest BCUT2D eigenvalue weighted by atomic mass is 19.1. The zero-order valence-corrected chi connectivity index (χ0v) is 8.99. The van der Waals surface area contributed by atoms with Gasteiger partial charge in [-0.2, -0.15) is 5.26 Å². The summed E-state index contributed by atoms with van der Waals surface area (Å²) in [7, 11) is 0. The molecule has 1 aromatic carbocycles. The van der Waals surface area contributed by atoms with Gasteiger partial charge < -0.3 is 4.90 Å². The first-order valence-corrected chi connectivity index (χ1v) is 4.89. The van der Waals surface area contributed by atoms with Gasteiger partial charge in [-0.3, -0.25) is 0 Å². The third kappa shape index (κ3) is 2.71. The second kappa shape index (κ2) is 5.72. The van der Waals surface area contributed by atoms with Crippen molar-refractivity contribution < 1.29 is 4.39 Å². The van der Waals surface area contributed by atoms with E-state index in [1.54, 1.807) is 18.2 Å². The summed E-state index contributed by atoms with van der Waals surface area (Å²) in [4.78, 5) is 1.90. The molecular weight excluding hydrogens is 203 g/mol. The zero-order chi connectivity index (χ0) is 12.0. The standard InChI is InChI=1S/C13H13FN2/c1-3-7-16(8-4-2)13-6-5-12(14)9-11(13)10-15/h3-6,9H,1-2,7-8H2. The molecular formula is C13H13FN2. The molecule has 0 spiro atoms. The Bertz CT molecular complexity index is 422. The highest BCUT2D eigenvalue weighted by molar-refractivity contribution is 5.60. The Morgan fingerprint density at radius 2 is 1.94 bits per heavy atom. The molecule has 0 N–H and O–H groups in total. The fourth-order valence-electron chi connectivity index (χ4n) is 1.46. The molecule has 0 aromatic heterocycles. The van der Waals surface area contributed by atoms with Crippen molar-refractivity contribution >= 4 is 5.69 Å². The Balaban J connectivity index is 3.12. The lowest BCUT2D eigenvalue weighted by molar-refractivity contribution is 0.627. The monoisotopic (exact) mass is 216 g/mol. The highest BCUT2D eigenvalue weighted by Crippen LogP contribution is 2.20. The summed E-state index contributed by atoms with van der Waals surface area (Å²) in [5.41, 5.74) is 1.02. The molecule has 0 atom stereocenters. The minimum Gasteiger partial charge on any atom is -0.363 e. The van der Waals surface area contributed by atoms with E-state index in [9.17, 15) is 4.39 Å². The van der Waals surface area contributed by atoms with Crippen LogP contribution >= 0.6 is 0 Å². The summed E-state index contributed by atoms with van der Waals surface area (Å²) in [6, 6.07) is 6.15. The van der Waals surface area contributed by atoms with Crippen LogP contribution in [0.4, 0.5) is 10.1 Å². The van der Waals surface area contributed by atoms with Crippen LogP contribution < -0.4 is 4.90 Å². The van der Waals surface area contributed by atoms with Gasteiger partial charge in [0.25, 0.3) is 0 Å². The van der Waals surface area contributed by atoms with E-state index in [1.807, 2.05) is 11.0 Å². The smallest absolute Gasteiger partial charge is 0.124 e. The second-order valence-electron chi connectivity index (χ2n) is 3.26. The first-order chi connectivity index (χ1) is 7.72. The predicted octanol–water partition coefficient (Wildman–Crippen LogP) is 2.88. The van der Waals surface area contributed by atoms with Crippen LogP contribution in [0.2, 0.25) is 0 Å². The van der Waals surface area contributed by atoms with Gasteiger partial charge in [0.2, 0.25) is 0 Å². The van der Waals surface area contributed by atoms with Gasteiger partial charge in [0.15, 0.2) is 0 Å². The van der Waals surface area contributed by atoms with Crippen molar-refractivity contribution in [2.75, 3.05) is 18.0 Å². The van der Waals surface area contributed by atoms with Crippen LogP contribution in [0.5, 0.6) is 0 Å². The third-order valence-electron chi connectivity index (χ3n) is 2.12. The Hall–Kier alpha value is -2.08. The molecule has 0 amide bonds. The maximum Gasteiger partial charge on any atom is 0.124 e. The minimum atomic E-state index is -0.405. The molecule has 0 aliphatic rings. The van der Waals surface area contributed by atoms with E-state index >= 15 is 0 Å². The van der Waals surface area contributed by atoms with Gasteiger partial charge in [0.1, 0.15) is 11.9 Å². The number of hydrogen-bond acceptors (Lipinski definition) is 2. The molecule has 2 nitrogen and oxygen atoms in total. The first-order valence-electron chi connectivity index (χ1n) is 4.89. The van der Waals surface area contributed by atoms with Gasteiger partial charge in [-0.1, -0.05) is 12.2 Å². The van der Waals surface area contributed by atoms with Crippen molar-refractivity contribution in [2.24, 2.45) is 0 Å². The van der Waals surface area contributed by atoms with Crippen LogP contribution in [0.3, 0.4) is 0 Å². The van der Waals surface area contributed by atoms with Crippen molar-refractivity contribution in [1.29, 1.82) is 5.26 Å². The average molecular weight is 216 g/mol. The number of anilines is 1. The molecule has 0 heterocycles. The normalized spacial score (nSPS) is 9.25. The first kappa shape index (κ1) is 12.0. The molecule has 1 rings (SSSR count). The fraction of sp³-hybridized carbons (Fsp3) is 0.154. The zero-order valence-electron chi connectivity index (χ0n) is 8.99. The average Bonchev–Trinajstić information content (AvgIpc) is 2.28. The topological polar surface area (TPSA) is 27.0 Å². The van der Waals surface area contributed by atoms with E-state index in [-0.39, 0.29) is 0 Å². The van der Waals surface area contributed by atoms with Gasteiger partial charge >= 0.3 is 0 Å². The largest absolute Gasteiger partial charge is 0.363 e. The van der Waals surface area contributed by atoms with Gasteiger partial charge in [-0.05, 0) is 18.2 Å². The summed E-state index contributed by atoms with van der Waals surface area (Å²) in [6.45, 7) is 8.48. The summed E-state index contributed by atoms with van der Waals surface area (Å²) < 4.78 is 13.0. The van der Waals surface area contributed by atoms with E-state index < -0.39 is 5.82 Å². The van der Waals surface area contributed by atoms with Crippen LogP contribution in [0.25, 0.3) is 0 Å². The third-order valence-corrected chi connectivity index (χ3v) is 2.12. The summed E-state index contributed by atoms with van der Waals surface area (Å²) in [6.07, 6.45) is 3.46. The van der Waals surface area contributed by atoms with E-state index in [2.05, 4.69) is 13.2 Å². The maximum atomic E-state index is 13.0. The lowest BCUT2D eigenvalue weighted by atomic mass is 10.1.